The number of aryl methyl sites for hydroxylation is 1. The Morgan fingerprint density at radius 3 is 2.62 bits per heavy atom. The van der Waals surface area contributed by atoms with Gasteiger partial charge >= 0.3 is 5.97 Å². The summed E-state index contributed by atoms with van der Waals surface area (Å²) in [7, 11) is 1.61. The van der Waals surface area contributed by atoms with E-state index in [9.17, 15) is 14.9 Å². The highest BCUT2D eigenvalue weighted by molar-refractivity contribution is 5.87. The van der Waals surface area contributed by atoms with Crippen molar-refractivity contribution in [2.75, 3.05) is 7.11 Å². The summed E-state index contributed by atoms with van der Waals surface area (Å²) in [5, 5.41) is 11.6. The molecule has 0 aliphatic carbocycles. The van der Waals surface area contributed by atoms with Crippen molar-refractivity contribution in [1.82, 2.24) is 4.98 Å². The van der Waals surface area contributed by atoms with Gasteiger partial charge in [0.15, 0.2) is 5.75 Å². The van der Waals surface area contributed by atoms with Crippen LogP contribution in [0.1, 0.15) is 29.7 Å². The highest BCUT2D eigenvalue weighted by atomic mass is 16.9. The van der Waals surface area contributed by atoms with Crippen LogP contribution in [-0.2, 0) is 16.2 Å². The zero-order valence-corrected chi connectivity index (χ0v) is 16.2. The van der Waals surface area contributed by atoms with Crippen molar-refractivity contribution >= 4 is 16.7 Å². The zero-order chi connectivity index (χ0) is 21.0. The molecular formula is C21H20N2O6. The first-order valence-electron chi connectivity index (χ1n) is 8.90. The molecule has 0 radical (unpaired) electrons. The minimum atomic E-state index is -0.895. The first kappa shape index (κ1) is 20.1. The molecule has 2 aromatic carbocycles. The minimum absolute atomic E-state index is 0.178. The molecule has 0 spiro atoms. The standard InChI is InChI=1S/C21H20N2O6/c1-13(15-4-5-17-11-19(27-3)7-6-16(17)10-15)21(24)29-20-14(2)22-9-8-18(20)12-28-23(25)26/h4-11,13H,12H2,1-3H3/t13-/m0/s1. The number of fused-ring (bicyclic) bond motifs is 1. The maximum absolute atomic E-state index is 12.7. The molecule has 0 amide bonds. The van der Waals surface area contributed by atoms with Crippen LogP contribution in [0.25, 0.3) is 10.8 Å². The summed E-state index contributed by atoms with van der Waals surface area (Å²) in [6.45, 7) is 3.07. The third kappa shape index (κ3) is 4.60. The van der Waals surface area contributed by atoms with Gasteiger partial charge in [-0.3, -0.25) is 9.78 Å². The molecule has 1 aromatic heterocycles. The Bertz CT molecular complexity index is 1070. The van der Waals surface area contributed by atoms with Gasteiger partial charge < -0.3 is 14.3 Å². The molecule has 3 rings (SSSR count). The third-order valence-corrected chi connectivity index (χ3v) is 4.62. The number of rotatable bonds is 7. The molecule has 8 heteroatoms. The second-order valence-electron chi connectivity index (χ2n) is 6.50. The lowest BCUT2D eigenvalue weighted by atomic mass is 9.98. The van der Waals surface area contributed by atoms with Gasteiger partial charge in [-0.1, -0.05) is 24.3 Å². The van der Waals surface area contributed by atoms with E-state index in [1.54, 1.807) is 21.0 Å². The number of aromatic nitrogens is 1. The van der Waals surface area contributed by atoms with Crippen LogP contribution in [0, 0.1) is 17.0 Å². The van der Waals surface area contributed by atoms with Crippen LogP contribution in [0.2, 0.25) is 0 Å². The van der Waals surface area contributed by atoms with Gasteiger partial charge in [0.05, 0.1) is 18.7 Å². The molecule has 0 unspecified atom stereocenters. The quantitative estimate of drug-likeness (QED) is 0.338. The van der Waals surface area contributed by atoms with E-state index >= 15 is 0 Å². The normalized spacial score (nSPS) is 11.7. The molecule has 0 bridgehead atoms. The van der Waals surface area contributed by atoms with Crippen LogP contribution in [0.4, 0.5) is 0 Å². The third-order valence-electron chi connectivity index (χ3n) is 4.62. The van der Waals surface area contributed by atoms with Crippen LogP contribution >= 0.6 is 0 Å². The van der Waals surface area contributed by atoms with Crippen LogP contribution in [-0.4, -0.2) is 23.1 Å². The second-order valence-corrected chi connectivity index (χ2v) is 6.50. The van der Waals surface area contributed by atoms with Crippen molar-refractivity contribution in [2.24, 2.45) is 0 Å². The van der Waals surface area contributed by atoms with Gasteiger partial charge in [-0.25, -0.2) is 0 Å². The SMILES string of the molecule is COc1ccc2cc([C@H](C)C(=O)Oc3c(CO[N+](=O)[O-])ccnc3C)ccc2c1. The van der Waals surface area contributed by atoms with E-state index in [0.717, 1.165) is 22.1 Å². The number of carbonyl (C=O) groups is 1. The van der Waals surface area contributed by atoms with E-state index < -0.39 is 17.0 Å². The van der Waals surface area contributed by atoms with Crippen LogP contribution < -0.4 is 9.47 Å². The van der Waals surface area contributed by atoms with Crippen molar-refractivity contribution in [3.8, 4) is 11.5 Å². The number of pyridine rings is 1. The maximum Gasteiger partial charge on any atom is 0.318 e. The molecule has 150 valence electrons. The average molecular weight is 396 g/mol. The average Bonchev–Trinajstić information content (AvgIpc) is 2.72. The Morgan fingerprint density at radius 2 is 1.90 bits per heavy atom. The lowest BCUT2D eigenvalue weighted by molar-refractivity contribution is -0.763. The number of methoxy groups -OCH3 is 1. The van der Waals surface area contributed by atoms with E-state index in [0.29, 0.717) is 11.3 Å². The summed E-state index contributed by atoms with van der Waals surface area (Å²) in [6.07, 6.45) is 1.48. The predicted molar refractivity (Wildman–Crippen MR) is 105 cm³/mol. The van der Waals surface area contributed by atoms with E-state index in [2.05, 4.69) is 9.82 Å². The molecule has 0 aliphatic rings. The first-order chi connectivity index (χ1) is 13.9. The number of hydrogen-bond donors (Lipinski definition) is 0. The molecule has 0 saturated carbocycles. The summed E-state index contributed by atoms with van der Waals surface area (Å²) >= 11 is 0. The number of carbonyl (C=O) groups excluding carboxylic acids is 1. The topological polar surface area (TPSA) is 101 Å². The smallest absolute Gasteiger partial charge is 0.318 e. The molecule has 0 aliphatic heterocycles. The summed E-state index contributed by atoms with van der Waals surface area (Å²) in [5.74, 6) is -0.104. The van der Waals surface area contributed by atoms with E-state index in [-0.39, 0.29) is 12.4 Å². The van der Waals surface area contributed by atoms with Gasteiger partial charge in [0.1, 0.15) is 12.4 Å². The number of nitrogens with zero attached hydrogens (tertiary/aromatic N) is 2. The Morgan fingerprint density at radius 1 is 1.17 bits per heavy atom. The summed E-state index contributed by atoms with van der Waals surface area (Å²) in [4.78, 5) is 31.7. The Balaban J connectivity index is 1.82. The number of hydrogen-bond acceptors (Lipinski definition) is 7. The highest BCUT2D eigenvalue weighted by Crippen LogP contribution is 2.28. The van der Waals surface area contributed by atoms with E-state index in [1.165, 1.54) is 12.3 Å². The Hall–Kier alpha value is -3.68. The van der Waals surface area contributed by atoms with Crippen molar-refractivity contribution in [1.29, 1.82) is 0 Å². The van der Waals surface area contributed by atoms with Gasteiger partial charge in [-0.15, -0.1) is 10.1 Å². The van der Waals surface area contributed by atoms with Crippen molar-refractivity contribution in [2.45, 2.75) is 26.4 Å². The molecule has 0 N–H and O–H groups in total. The predicted octanol–water partition coefficient (Wildman–Crippen LogP) is 3.97. The largest absolute Gasteiger partial charge is 0.497 e. The van der Waals surface area contributed by atoms with Crippen LogP contribution in [0.5, 0.6) is 11.5 Å². The van der Waals surface area contributed by atoms with Gasteiger partial charge in [-0.05, 0) is 48.4 Å². The molecule has 29 heavy (non-hydrogen) atoms. The lowest BCUT2D eigenvalue weighted by Gasteiger charge is -2.16. The van der Waals surface area contributed by atoms with Crippen molar-refractivity contribution < 1.29 is 24.2 Å². The summed E-state index contributed by atoms with van der Waals surface area (Å²) < 4.78 is 10.8. The van der Waals surface area contributed by atoms with E-state index in [1.807, 2.05) is 36.4 Å². The van der Waals surface area contributed by atoms with Gasteiger partial charge in [0.2, 0.25) is 0 Å². The van der Waals surface area contributed by atoms with E-state index in [4.69, 9.17) is 9.47 Å². The van der Waals surface area contributed by atoms with Crippen LogP contribution in [0.3, 0.4) is 0 Å². The number of ether oxygens (including phenoxy) is 2. The Labute approximate surface area is 167 Å². The fourth-order valence-corrected chi connectivity index (χ4v) is 2.94. The summed E-state index contributed by atoms with van der Waals surface area (Å²) in [5.41, 5.74) is 1.61. The van der Waals surface area contributed by atoms with Gasteiger partial charge in [0, 0.05) is 11.8 Å². The highest BCUT2D eigenvalue weighted by Gasteiger charge is 2.21. The van der Waals surface area contributed by atoms with Crippen molar-refractivity contribution in [3.05, 3.63) is 75.6 Å². The fraction of sp³-hybridized carbons (Fsp3) is 0.238. The minimum Gasteiger partial charge on any atom is -0.497 e. The lowest BCUT2D eigenvalue weighted by Crippen LogP contribution is -2.18. The molecule has 3 aromatic rings. The van der Waals surface area contributed by atoms with Crippen molar-refractivity contribution in [3.63, 3.8) is 0 Å². The van der Waals surface area contributed by atoms with Gasteiger partial charge in [0.25, 0.3) is 5.09 Å². The number of esters is 1. The molecule has 8 nitrogen and oxygen atoms in total. The van der Waals surface area contributed by atoms with Gasteiger partial charge in [-0.2, -0.15) is 0 Å². The molecule has 1 heterocycles. The molecular weight excluding hydrogens is 376 g/mol. The Kier molecular flexibility index (Phi) is 5.92. The van der Waals surface area contributed by atoms with Crippen LogP contribution in [0.15, 0.2) is 48.7 Å². The summed E-state index contributed by atoms with van der Waals surface area (Å²) in [6, 6.07) is 12.9. The maximum atomic E-state index is 12.7. The molecule has 1 atom stereocenters. The number of benzene rings is 2. The molecule has 0 saturated heterocycles. The first-order valence-corrected chi connectivity index (χ1v) is 8.90. The zero-order valence-electron chi connectivity index (χ0n) is 16.2. The monoisotopic (exact) mass is 396 g/mol. The second kappa shape index (κ2) is 8.55. The molecule has 0 fully saturated rings. The fourth-order valence-electron chi connectivity index (χ4n) is 2.94.